The summed E-state index contributed by atoms with van der Waals surface area (Å²) in [5.74, 6) is 0.958. The fraction of sp³-hybridized carbons (Fsp3) is 0.435. The molecule has 1 fully saturated rings. The molecule has 2 aliphatic rings. The SMILES string of the molecule is CC(CC(=O)Nc1ccc2c(c1)CCN2C(=O)c1cccnc1)C1CCCNC1. The molecule has 152 valence electrons. The Kier molecular flexibility index (Phi) is 5.90. The first-order valence-electron chi connectivity index (χ1n) is 10.5. The second-order valence-electron chi connectivity index (χ2n) is 8.13. The first-order valence-corrected chi connectivity index (χ1v) is 10.5. The molecule has 2 atom stereocenters. The van der Waals surface area contributed by atoms with Gasteiger partial charge in [0.15, 0.2) is 0 Å². The van der Waals surface area contributed by atoms with Gasteiger partial charge in [0, 0.05) is 36.7 Å². The Balaban J connectivity index is 1.38. The van der Waals surface area contributed by atoms with Gasteiger partial charge >= 0.3 is 0 Å². The summed E-state index contributed by atoms with van der Waals surface area (Å²) >= 11 is 0. The average molecular weight is 393 g/mol. The zero-order chi connectivity index (χ0) is 20.2. The molecule has 0 saturated carbocycles. The van der Waals surface area contributed by atoms with Crippen molar-refractivity contribution >= 4 is 23.2 Å². The lowest BCUT2D eigenvalue weighted by Gasteiger charge is -2.28. The molecule has 0 aliphatic carbocycles. The fourth-order valence-corrected chi connectivity index (χ4v) is 4.37. The van der Waals surface area contributed by atoms with Crippen molar-refractivity contribution < 1.29 is 9.59 Å². The predicted octanol–water partition coefficient (Wildman–Crippen LogP) is 3.25. The molecule has 29 heavy (non-hydrogen) atoms. The summed E-state index contributed by atoms with van der Waals surface area (Å²) in [4.78, 5) is 31.1. The van der Waals surface area contributed by atoms with Crippen LogP contribution < -0.4 is 15.5 Å². The monoisotopic (exact) mass is 392 g/mol. The van der Waals surface area contributed by atoms with Crippen LogP contribution in [-0.2, 0) is 11.2 Å². The van der Waals surface area contributed by atoms with E-state index < -0.39 is 0 Å². The van der Waals surface area contributed by atoms with Crippen LogP contribution in [0.1, 0.15) is 42.1 Å². The maximum atomic E-state index is 12.8. The molecule has 0 spiro atoms. The van der Waals surface area contributed by atoms with Crippen molar-refractivity contribution in [3.63, 3.8) is 0 Å². The van der Waals surface area contributed by atoms with Crippen LogP contribution in [0.5, 0.6) is 0 Å². The Morgan fingerprint density at radius 2 is 2.24 bits per heavy atom. The number of rotatable bonds is 5. The molecule has 1 saturated heterocycles. The Hall–Kier alpha value is -2.73. The molecule has 1 aromatic heterocycles. The summed E-state index contributed by atoms with van der Waals surface area (Å²) < 4.78 is 0. The number of aromatic nitrogens is 1. The van der Waals surface area contributed by atoms with Crippen LogP contribution in [0.25, 0.3) is 0 Å². The zero-order valence-corrected chi connectivity index (χ0v) is 16.9. The van der Waals surface area contributed by atoms with Crippen molar-refractivity contribution in [2.45, 2.75) is 32.6 Å². The van der Waals surface area contributed by atoms with Crippen LogP contribution in [-0.4, -0.2) is 36.4 Å². The van der Waals surface area contributed by atoms with Crippen LogP contribution in [0.3, 0.4) is 0 Å². The number of piperidine rings is 1. The lowest BCUT2D eigenvalue weighted by atomic mass is 9.85. The van der Waals surface area contributed by atoms with Crippen LogP contribution in [0.15, 0.2) is 42.7 Å². The van der Waals surface area contributed by atoms with E-state index >= 15 is 0 Å². The normalized spacial score (nSPS) is 19.5. The summed E-state index contributed by atoms with van der Waals surface area (Å²) in [5, 5.41) is 6.47. The molecule has 4 rings (SSSR count). The topological polar surface area (TPSA) is 74.3 Å². The number of anilines is 2. The van der Waals surface area contributed by atoms with E-state index in [2.05, 4.69) is 22.5 Å². The molecule has 3 heterocycles. The molecule has 0 bridgehead atoms. The highest BCUT2D eigenvalue weighted by molar-refractivity contribution is 6.07. The second kappa shape index (κ2) is 8.74. The van der Waals surface area contributed by atoms with E-state index in [1.807, 2.05) is 18.2 Å². The summed E-state index contributed by atoms with van der Waals surface area (Å²) in [6.45, 7) is 4.91. The Morgan fingerprint density at radius 3 is 3.00 bits per heavy atom. The van der Waals surface area contributed by atoms with E-state index in [1.54, 1.807) is 29.4 Å². The third kappa shape index (κ3) is 4.48. The second-order valence-corrected chi connectivity index (χ2v) is 8.13. The van der Waals surface area contributed by atoms with Crippen LogP contribution in [0.2, 0.25) is 0 Å². The Bertz CT molecular complexity index is 878. The molecule has 1 aromatic carbocycles. The van der Waals surface area contributed by atoms with Crippen LogP contribution in [0.4, 0.5) is 11.4 Å². The Morgan fingerprint density at radius 1 is 1.34 bits per heavy atom. The van der Waals surface area contributed by atoms with Gasteiger partial charge in [0.25, 0.3) is 5.91 Å². The minimum absolute atomic E-state index is 0.0384. The highest BCUT2D eigenvalue weighted by Crippen LogP contribution is 2.32. The molecule has 2 aromatic rings. The molecule has 2 amide bonds. The summed E-state index contributed by atoms with van der Waals surface area (Å²) in [7, 11) is 0. The van der Waals surface area contributed by atoms with Gasteiger partial charge in [-0.05, 0) is 80.1 Å². The van der Waals surface area contributed by atoms with Crippen molar-refractivity contribution in [1.29, 1.82) is 0 Å². The highest BCUT2D eigenvalue weighted by atomic mass is 16.2. The molecule has 6 nitrogen and oxygen atoms in total. The summed E-state index contributed by atoms with van der Waals surface area (Å²) in [5.41, 5.74) is 3.39. The van der Waals surface area contributed by atoms with E-state index in [4.69, 9.17) is 0 Å². The number of benzene rings is 1. The van der Waals surface area contributed by atoms with E-state index in [9.17, 15) is 9.59 Å². The average Bonchev–Trinajstić information content (AvgIpc) is 3.17. The van der Waals surface area contributed by atoms with Gasteiger partial charge in [-0.3, -0.25) is 14.6 Å². The van der Waals surface area contributed by atoms with Crippen molar-refractivity contribution in [1.82, 2.24) is 10.3 Å². The number of hydrogen-bond acceptors (Lipinski definition) is 4. The number of nitrogens with one attached hydrogen (secondary N) is 2. The van der Waals surface area contributed by atoms with Gasteiger partial charge in [0.1, 0.15) is 0 Å². The van der Waals surface area contributed by atoms with Gasteiger partial charge in [-0.15, -0.1) is 0 Å². The number of fused-ring (bicyclic) bond motifs is 1. The van der Waals surface area contributed by atoms with Gasteiger partial charge < -0.3 is 15.5 Å². The van der Waals surface area contributed by atoms with Crippen LogP contribution in [0, 0.1) is 11.8 Å². The molecular weight excluding hydrogens is 364 g/mol. The van der Waals surface area contributed by atoms with E-state index in [0.29, 0.717) is 30.4 Å². The Labute approximate surface area is 171 Å². The first kappa shape index (κ1) is 19.6. The molecule has 2 N–H and O–H groups in total. The highest BCUT2D eigenvalue weighted by Gasteiger charge is 2.26. The van der Waals surface area contributed by atoms with Gasteiger partial charge in [-0.1, -0.05) is 6.92 Å². The third-order valence-electron chi connectivity index (χ3n) is 6.06. The van der Waals surface area contributed by atoms with Crippen molar-refractivity contribution in [2.24, 2.45) is 11.8 Å². The smallest absolute Gasteiger partial charge is 0.259 e. The number of carbonyl (C=O) groups excluding carboxylic acids is 2. The molecule has 6 heteroatoms. The number of hydrogen-bond donors (Lipinski definition) is 2. The predicted molar refractivity (Wildman–Crippen MR) is 114 cm³/mol. The lowest BCUT2D eigenvalue weighted by Crippen LogP contribution is -2.34. The molecule has 2 unspecified atom stereocenters. The summed E-state index contributed by atoms with van der Waals surface area (Å²) in [6.07, 6.45) is 6.97. The number of nitrogens with zero attached hydrogens (tertiary/aromatic N) is 2. The quantitative estimate of drug-likeness (QED) is 0.819. The number of amides is 2. The minimum Gasteiger partial charge on any atom is -0.326 e. The van der Waals surface area contributed by atoms with Gasteiger partial charge in [0.2, 0.25) is 5.91 Å². The maximum absolute atomic E-state index is 12.8. The van der Waals surface area contributed by atoms with E-state index in [1.165, 1.54) is 12.8 Å². The molecule has 2 aliphatic heterocycles. The van der Waals surface area contributed by atoms with Crippen LogP contribution >= 0.6 is 0 Å². The fourth-order valence-electron chi connectivity index (χ4n) is 4.37. The molecule has 0 radical (unpaired) electrons. The van der Waals surface area contributed by atoms with Gasteiger partial charge in [0.05, 0.1) is 5.56 Å². The third-order valence-corrected chi connectivity index (χ3v) is 6.06. The summed E-state index contributed by atoms with van der Waals surface area (Å²) in [6, 6.07) is 9.37. The lowest BCUT2D eigenvalue weighted by molar-refractivity contribution is -0.117. The van der Waals surface area contributed by atoms with Gasteiger partial charge in [-0.25, -0.2) is 0 Å². The van der Waals surface area contributed by atoms with E-state index in [-0.39, 0.29) is 11.8 Å². The van der Waals surface area contributed by atoms with E-state index in [0.717, 1.165) is 36.4 Å². The number of pyridine rings is 1. The van der Waals surface area contributed by atoms with Crippen molar-refractivity contribution in [3.8, 4) is 0 Å². The largest absolute Gasteiger partial charge is 0.326 e. The maximum Gasteiger partial charge on any atom is 0.259 e. The van der Waals surface area contributed by atoms with Gasteiger partial charge in [-0.2, -0.15) is 0 Å². The van der Waals surface area contributed by atoms with Crippen molar-refractivity contribution in [3.05, 3.63) is 53.9 Å². The standard InChI is InChI=1S/C23H28N4O2/c1-16(18-4-2-9-24-14-18)12-22(28)26-20-6-7-21-17(13-20)8-11-27(21)23(29)19-5-3-10-25-15-19/h3,5-7,10,13,15-16,18,24H,2,4,8-9,11-12,14H2,1H3,(H,26,28). The minimum atomic E-state index is -0.0384. The zero-order valence-electron chi connectivity index (χ0n) is 16.9. The number of carbonyl (C=O) groups is 2. The van der Waals surface area contributed by atoms with Crippen molar-refractivity contribution in [2.75, 3.05) is 29.9 Å². The first-order chi connectivity index (χ1) is 14.1. The molecular formula is C23H28N4O2.